The summed E-state index contributed by atoms with van der Waals surface area (Å²) in [4.78, 5) is 8.98. The number of benzene rings is 1. The Labute approximate surface area is 162 Å². The van der Waals surface area contributed by atoms with E-state index in [-0.39, 0.29) is 5.82 Å². The summed E-state index contributed by atoms with van der Waals surface area (Å²) in [5.74, 6) is 0.579. The zero-order chi connectivity index (χ0) is 19.5. The average molecular weight is 380 g/mol. The van der Waals surface area contributed by atoms with E-state index in [0.717, 1.165) is 70.6 Å². The summed E-state index contributed by atoms with van der Waals surface area (Å²) in [7, 11) is 0. The fourth-order valence-corrected chi connectivity index (χ4v) is 3.14. The number of morpholine rings is 1. The average Bonchev–Trinajstić information content (AvgIpc) is 2.69. The van der Waals surface area contributed by atoms with Gasteiger partial charge in [0.25, 0.3) is 0 Å². The largest absolute Gasteiger partial charge is 0.379 e. The van der Waals surface area contributed by atoms with Crippen LogP contribution in [0.15, 0.2) is 23.2 Å². The van der Waals surface area contributed by atoms with E-state index in [4.69, 9.17) is 4.74 Å². The Balaban J connectivity index is 1.90. The molecule has 0 unspecified atom stereocenters. The predicted molar refractivity (Wildman–Crippen MR) is 110 cm³/mol. The third kappa shape index (κ3) is 6.99. The molecule has 1 fully saturated rings. The van der Waals surface area contributed by atoms with Gasteiger partial charge in [-0.25, -0.2) is 9.38 Å². The molecule has 6 nitrogen and oxygen atoms in total. The van der Waals surface area contributed by atoms with Crippen LogP contribution in [0.4, 0.5) is 10.1 Å². The Hall–Kier alpha value is -1.86. The number of anilines is 1. The maximum atomic E-state index is 14.4. The highest BCUT2D eigenvalue weighted by Crippen LogP contribution is 2.20. The second-order valence-electron chi connectivity index (χ2n) is 6.53. The zero-order valence-corrected chi connectivity index (χ0v) is 16.9. The minimum absolute atomic E-state index is 0.184. The van der Waals surface area contributed by atoms with E-state index in [0.29, 0.717) is 12.2 Å². The summed E-state index contributed by atoms with van der Waals surface area (Å²) in [5.41, 5.74) is 1.53. The van der Waals surface area contributed by atoms with Crippen molar-refractivity contribution >= 4 is 11.6 Å². The van der Waals surface area contributed by atoms with Crippen molar-refractivity contribution in [2.45, 2.75) is 27.3 Å². The molecule has 1 aromatic rings. The van der Waals surface area contributed by atoms with E-state index in [1.807, 2.05) is 37.8 Å². The zero-order valence-electron chi connectivity index (χ0n) is 16.9. The molecule has 1 aliphatic rings. The molecule has 1 aromatic carbocycles. The van der Waals surface area contributed by atoms with Gasteiger partial charge in [-0.1, -0.05) is 6.07 Å². The van der Waals surface area contributed by atoms with E-state index in [1.54, 1.807) is 6.07 Å². The van der Waals surface area contributed by atoms with E-state index in [1.165, 1.54) is 0 Å². The van der Waals surface area contributed by atoms with E-state index in [2.05, 4.69) is 20.5 Å². The van der Waals surface area contributed by atoms with Gasteiger partial charge >= 0.3 is 0 Å². The molecule has 0 aromatic heterocycles. The second kappa shape index (κ2) is 11.8. The molecular weight excluding hydrogens is 345 g/mol. The predicted octanol–water partition coefficient (Wildman–Crippen LogP) is 2.06. The van der Waals surface area contributed by atoms with E-state index < -0.39 is 0 Å². The normalized spacial score (nSPS) is 15.6. The maximum Gasteiger partial charge on any atom is 0.191 e. The highest BCUT2D eigenvalue weighted by molar-refractivity contribution is 5.79. The minimum atomic E-state index is -0.184. The summed E-state index contributed by atoms with van der Waals surface area (Å²) in [6.07, 6.45) is 0. The molecule has 0 spiro atoms. The molecule has 152 valence electrons. The highest BCUT2D eigenvalue weighted by atomic mass is 19.1. The number of hydrogen-bond acceptors (Lipinski definition) is 4. The topological polar surface area (TPSA) is 52.1 Å². The van der Waals surface area contributed by atoms with Crippen LogP contribution in [0.3, 0.4) is 0 Å². The number of rotatable bonds is 9. The van der Waals surface area contributed by atoms with Crippen LogP contribution in [-0.4, -0.2) is 69.9 Å². The van der Waals surface area contributed by atoms with Gasteiger partial charge in [-0.2, -0.15) is 0 Å². The van der Waals surface area contributed by atoms with Crippen molar-refractivity contribution in [2.24, 2.45) is 4.99 Å². The Bertz CT molecular complexity index is 586. The maximum absolute atomic E-state index is 14.4. The quantitative estimate of drug-likeness (QED) is 0.508. The molecule has 7 heteroatoms. The molecular formula is C20H34FN5O. The number of hydrogen-bond donors (Lipinski definition) is 2. The molecule has 2 N–H and O–H groups in total. The Morgan fingerprint density at radius 1 is 1.19 bits per heavy atom. The molecule has 27 heavy (non-hydrogen) atoms. The van der Waals surface area contributed by atoms with Crippen LogP contribution in [0.25, 0.3) is 0 Å². The number of aliphatic imine (C=N–C) groups is 1. The summed E-state index contributed by atoms with van der Waals surface area (Å²) in [6, 6.07) is 5.40. The van der Waals surface area contributed by atoms with Gasteiger partial charge in [0, 0.05) is 45.8 Å². The Morgan fingerprint density at radius 3 is 2.56 bits per heavy atom. The van der Waals surface area contributed by atoms with Crippen molar-refractivity contribution in [1.29, 1.82) is 0 Å². The Kier molecular flexibility index (Phi) is 9.35. The van der Waals surface area contributed by atoms with E-state index in [9.17, 15) is 4.39 Å². The molecule has 0 aliphatic carbocycles. The number of nitrogens with zero attached hydrogens (tertiary/aromatic N) is 3. The van der Waals surface area contributed by atoms with Crippen LogP contribution in [0.1, 0.15) is 26.3 Å². The first-order valence-electron chi connectivity index (χ1n) is 10.0. The minimum Gasteiger partial charge on any atom is -0.379 e. The Morgan fingerprint density at radius 2 is 1.93 bits per heavy atom. The monoisotopic (exact) mass is 379 g/mol. The smallest absolute Gasteiger partial charge is 0.191 e. The number of nitrogens with one attached hydrogen (secondary N) is 2. The molecule has 1 aliphatic heterocycles. The van der Waals surface area contributed by atoms with Crippen molar-refractivity contribution < 1.29 is 9.13 Å². The fraction of sp³-hybridized carbons (Fsp3) is 0.650. The lowest BCUT2D eigenvalue weighted by Gasteiger charge is -2.26. The van der Waals surface area contributed by atoms with Crippen molar-refractivity contribution in [3.8, 4) is 0 Å². The molecule has 0 bridgehead atoms. The van der Waals surface area contributed by atoms with Gasteiger partial charge in [0.15, 0.2) is 5.96 Å². The van der Waals surface area contributed by atoms with Crippen LogP contribution >= 0.6 is 0 Å². The molecule has 0 atom stereocenters. The van der Waals surface area contributed by atoms with Gasteiger partial charge < -0.3 is 20.3 Å². The van der Waals surface area contributed by atoms with Crippen LogP contribution in [-0.2, 0) is 11.3 Å². The third-order valence-electron chi connectivity index (χ3n) is 4.70. The van der Waals surface area contributed by atoms with Gasteiger partial charge in [-0.15, -0.1) is 0 Å². The van der Waals surface area contributed by atoms with Crippen molar-refractivity contribution in [3.63, 3.8) is 0 Å². The lowest BCUT2D eigenvalue weighted by atomic mass is 10.2. The molecule has 0 radical (unpaired) electrons. The van der Waals surface area contributed by atoms with Gasteiger partial charge in [-0.05, 0) is 38.5 Å². The standard InChI is InChI=1S/C20H34FN5O/c1-4-22-20(23-9-10-25-11-13-27-14-12-25)24-16-17-7-8-19(18(21)15-17)26(5-2)6-3/h7-8,15H,4-6,9-14,16H2,1-3H3,(H2,22,23,24). The van der Waals surface area contributed by atoms with Gasteiger partial charge in [0.1, 0.15) is 5.82 Å². The molecule has 0 saturated carbocycles. The molecule has 2 rings (SSSR count). The summed E-state index contributed by atoms with van der Waals surface area (Å²) in [6.45, 7) is 14.3. The van der Waals surface area contributed by atoms with Gasteiger partial charge in [-0.3, -0.25) is 4.90 Å². The lowest BCUT2D eigenvalue weighted by Crippen LogP contribution is -2.44. The summed E-state index contributed by atoms with van der Waals surface area (Å²) in [5, 5.41) is 6.60. The number of halogens is 1. The van der Waals surface area contributed by atoms with Gasteiger partial charge in [0.05, 0.1) is 25.4 Å². The summed E-state index contributed by atoms with van der Waals surface area (Å²) >= 11 is 0. The van der Waals surface area contributed by atoms with E-state index >= 15 is 0 Å². The molecule has 0 amide bonds. The first-order chi connectivity index (χ1) is 13.2. The van der Waals surface area contributed by atoms with Crippen molar-refractivity contribution in [1.82, 2.24) is 15.5 Å². The first kappa shape index (κ1) is 21.4. The molecule has 1 saturated heterocycles. The lowest BCUT2D eigenvalue weighted by molar-refractivity contribution is 0.0389. The third-order valence-corrected chi connectivity index (χ3v) is 4.70. The molecule has 1 heterocycles. The second-order valence-corrected chi connectivity index (χ2v) is 6.53. The van der Waals surface area contributed by atoms with Crippen molar-refractivity contribution in [3.05, 3.63) is 29.6 Å². The number of ether oxygens (including phenoxy) is 1. The van der Waals surface area contributed by atoms with Gasteiger partial charge in [0.2, 0.25) is 0 Å². The fourth-order valence-electron chi connectivity index (χ4n) is 3.14. The first-order valence-corrected chi connectivity index (χ1v) is 10.0. The SMILES string of the molecule is CCNC(=NCc1ccc(N(CC)CC)c(F)c1)NCCN1CCOCC1. The van der Waals surface area contributed by atoms with Crippen LogP contribution in [0.2, 0.25) is 0 Å². The van der Waals surface area contributed by atoms with Crippen LogP contribution in [0.5, 0.6) is 0 Å². The van der Waals surface area contributed by atoms with Crippen LogP contribution in [0, 0.1) is 5.82 Å². The number of guanidine groups is 1. The summed E-state index contributed by atoms with van der Waals surface area (Å²) < 4.78 is 19.8. The van der Waals surface area contributed by atoms with Crippen molar-refractivity contribution in [2.75, 3.05) is 63.9 Å². The van der Waals surface area contributed by atoms with Crippen LogP contribution < -0.4 is 15.5 Å². The highest BCUT2D eigenvalue weighted by Gasteiger charge is 2.10.